The summed E-state index contributed by atoms with van der Waals surface area (Å²) in [4.78, 5) is 2.27. The first-order chi connectivity index (χ1) is 13.0. The Labute approximate surface area is 160 Å². The first-order valence-electron chi connectivity index (χ1n) is 9.07. The number of rotatable bonds is 2. The highest BCUT2D eigenvalue weighted by molar-refractivity contribution is 5.89. The summed E-state index contributed by atoms with van der Waals surface area (Å²) in [5.74, 6) is 0.705. The average Bonchev–Trinajstić information content (AvgIpc) is 2.69. The maximum absolute atomic E-state index is 9.35. The lowest BCUT2D eigenvalue weighted by Crippen LogP contribution is -2.31. The van der Waals surface area contributed by atoms with E-state index in [0.29, 0.717) is 11.3 Å². The molecule has 0 spiro atoms. The summed E-state index contributed by atoms with van der Waals surface area (Å²) < 4.78 is 5.71. The van der Waals surface area contributed by atoms with Gasteiger partial charge in [-0.15, -0.1) is 0 Å². The summed E-state index contributed by atoms with van der Waals surface area (Å²) in [6.45, 7) is 6.57. The fourth-order valence-electron chi connectivity index (χ4n) is 4.16. The van der Waals surface area contributed by atoms with Gasteiger partial charge in [0.1, 0.15) is 5.75 Å². The van der Waals surface area contributed by atoms with E-state index in [4.69, 9.17) is 4.74 Å². The van der Waals surface area contributed by atoms with E-state index in [2.05, 4.69) is 73.3 Å². The van der Waals surface area contributed by atoms with Crippen molar-refractivity contribution < 1.29 is 4.74 Å². The lowest BCUT2D eigenvalue weighted by Gasteiger charge is -2.42. The molecule has 3 heteroatoms. The number of hydrogen-bond donors (Lipinski definition) is 0. The van der Waals surface area contributed by atoms with Crippen molar-refractivity contribution in [3.8, 4) is 11.8 Å². The fourth-order valence-corrected chi connectivity index (χ4v) is 4.16. The van der Waals surface area contributed by atoms with Gasteiger partial charge in [0, 0.05) is 11.5 Å². The van der Waals surface area contributed by atoms with Gasteiger partial charge in [-0.1, -0.05) is 50.2 Å². The molecular formula is C24H22N2O. The molecule has 0 radical (unpaired) electrons. The molecule has 27 heavy (non-hydrogen) atoms. The van der Waals surface area contributed by atoms with E-state index in [-0.39, 0.29) is 5.41 Å². The van der Waals surface area contributed by atoms with E-state index >= 15 is 0 Å². The molecule has 0 aliphatic carbocycles. The quantitative estimate of drug-likeness (QED) is 0.567. The third-order valence-corrected chi connectivity index (χ3v) is 5.47. The molecule has 1 aliphatic rings. The van der Waals surface area contributed by atoms with Gasteiger partial charge in [0.2, 0.25) is 0 Å². The van der Waals surface area contributed by atoms with Crippen molar-refractivity contribution >= 4 is 17.1 Å². The second kappa shape index (κ2) is 6.17. The zero-order valence-electron chi connectivity index (χ0n) is 16.1. The van der Waals surface area contributed by atoms with Crippen molar-refractivity contribution in [2.45, 2.75) is 26.2 Å². The summed E-state index contributed by atoms with van der Waals surface area (Å²) in [5.41, 5.74) is 7.33. The molecule has 3 nitrogen and oxygen atoms in total. The molecule has 0 saturated carbocycles. The molecule has 1 aliphatic heterocycles. The van der Waals surface area contributed by atoms with Gasteiger partial charge in [-0.2, -0.15) is 5.26 Å². The lowest BCUT2D eigenvalue weighted by atomic mass is 9.73. The first-order valence-corrected chi connectivity index (χ1v) is 9.07. The van der Waals surface area contributed by atoms with Crippen LogP contribution in [0.5, 0.6) is 5.75 Å². The molecule has 0 atom stereocenters. The SMILES string of the molecule is COc1cc(C#N)cc(C)c1N1c2ccccc2C(C)(C)c2ccccc21. The molecule has 0 bridgehead atoms. The van der Waals surface area contributed by atoms with Crippen LogP contribution in [0.15, 0.2) is 60.7 Å². The fraction of sp³-hybridized carbons (Fsp3) is 0.208. The van der Waals surface area contributed by atoms with Crippen molar-refractivity contribution in [3.63, 3.8) is 0 Å². The van der Waals surface area contributed by atoms with Crippen molar-refractivity contribution in [3.05, 3.63) is 82.9 Å². The maximum Gasteiger partial charge on any atom is 0.144 e. The maximum atomic E-state index is 9.35. The van der Waals surface area contributed by atoms with Crippen LogP contribution in [0.1, 0.15) is 36.1 Å². The normalized spacial score (nSPS) is 14.1. The number of methoxy groups -OCH3 is 1. The Morgan fingerprint density at radius 1 is 0.926 bits per heavy atom. The molecule has 0 N–H and O–H groups in total. The summed E-state index contributed by atoms with van der Waals surface area (Å²) in [7, 11) is 1.66. The molecule has 4 rings (SSSR count). The Balaban J connectivity index is 2.08. The van der Waals surface area contributed by atoms with Crippen LogP contribution in [0.3, 0.4) is 0 Å². The van der Waals surface area contributed by atoms with E-state index in [1.807, 2.05) is 19.1 Å². The van der Waals surface area contributed by atoms with Crippen LogP contribution < -0.4 is 9.64 Å². The number of nitrogens with zero attached hydrogens (tertiary/aromatic N) is 2. The van der Waals surface area contributed by atoms with E-state index in [9.17, 15) is 5.26 Å². The first kappa shape index (κ1) is 17.2. The number of anilines is 3. The van der Waals surface area contributed by atoms with Gasteiger partial charge in [0.05, 0.1) is 35.8 Å². The lowest BCUT2D eigenvalue weighted by molar-refractivity contribution is 0.415. The standard InChI is InChI=1S/C24H22N2O/c1-16-13-17(15-25)14-22(27-4)23(16)26-20-11-7-5-9-18(20)24(2,3)19-10-6-8-12-21(19)26/h5-14H,1-4H3. The largest absolute Gasteiger partial charge is 0.495 e. The Morgan fingerprint density at radius 3 is 2.00 bits per heavy atom. The van der Waals surface area contributed by atoms with E-state index in [1.54, 1.807) is 7.11 Å². The number of hydrogen-bond acceptors (Lipinski definition) is 3. The second-order valence-corrected chi connectivity index (χ2v) is 7.45. The molecule has 0 saturated heterocycles. The van der Waals surface area contributed by atoms with Gasteiger partial charge in [0.15, 0.2) is 0 Å². The number of benzene rings is 3. The molecule has 134 valence electrons. The molecular weight excluding hydrogens is 332 g/mol. The van der Waals surface area contributed by atoms with E-state index in [0.717, 1.165) is 22.6 Å². The Hall–Kier alpha value is -3.25. The summed E-state index contributed by atoms with van der Waals surface area (Å²) >= 11 is 0. The molecule has 3 aromatic carbocycles. The number of aryl methyl sites for hydroxylation is 1. The second-order valence-electron chi connectivity index (χ2n) is 7.45. The molecule has 0 unspecified atom stereocenters. The number of para-hydroxylation sites is 2. The van der Waals surface area contributed by atoms with Gasteiger partial charge in [-0.3, -0.25) is 0 Å². The predicted octanol–water partition coefficient (Wildman–Crippen LogP) is 5.98. The number of fused-ring (bicyclic) bond motifs is 2. The van der Waals surface area contributed by atoms with Gasteiger partial charge in [-0.05, 0) is 41.8 Å². The third kappa shape index (κ3) is 2.49. The van der Waals surface area contributed by atoms with Crippen LogP contribution in [0, 0.1) is 18.3 Å². The molecule has 3 aromatic rings. The van der Waals surface area contributed by atoms with Crippen LogP contribution in [0.25, 0.3) is 0 Å². The van der Waals surface area contributed by atoms with Gasteiger partial charge >= 0.3 is 0 Å². The molecule has 0 fully saturated rings. The Bertz CT molecular complexity index is 1030. The highest BCUT2D eigenvalue weighted by Gasteiger charge is 2.37. The van der Waals surface area contributed by atoms with Crippen LogP contribution in [-0.4, -0.2) is 7.11 Å². The summed E-state index contributed by atoms with van der Waals surface area (Å²) in [6, 6.07) is 23.0. The van der Waals surface area contributed by atoms with Gasteiger partial charge < -0.3 is 9.64 Å². The topological polar surface area (TPSA) is 36.3 Å². The highest BCUT2D eigenvalue weighted by atomic mass is 16.5. The van der Waals surface area contributed by atoms with Crippen molar-refractivity contribution in [1.29, 1.82) is 5.26 Å². The number of nitriles is 1. The van der Waals surface area contributed by atoms with Crippen LogP contribution in [0.2, 0.25) is 0 Å². The van der Waals surface area contributed by atoms with E-state index < -0.39 is 0 Å². The molecule has 0 aromatic heterocycles. The smallest absolute Gasteiger partial charge is 0.144 e. The minimum atomic E-state index is -0.0998. The van der Waals surface area contributed by atoms with Crippen molar-refractivity contribution in [2.24, 2.45) is 0 Å². The van der Waals surface area contributed by atoms with Crippen molar-refractivity contribution in [2.75, 3.05) is 12.0 Å². The minimum absolute atomic E-state index is 0.0998. The highest BCUT2D eigenvalue weighted by Crippen LogP contribution is 2.53. The van der Waals surface area contributed by atoms with Gasteiger partial charge in [-0.25, -0.2) is 0 Å². The summed E-state index contributed by atoms with van der Waals surface area (Å²) in [5, 5.41) is 9.35. The molecule has 1 heterocycles. The van der Waals surface area contributed by atoms with Crippen LogP contribution >= 0.6 is 0 Å². The van der Waals surface area contributed by atoms with Crippen LogP contribution in [0.4, 0.5) is 17.1 Å². The minimum Gasteiger partial charge on any atom is -0.495 e. The monoisotopic (exact) mass is 354 g/mol. The van der Waals surface area contributed by atoms with Gasteiger partial charge in [0.25, 0.3) is 0 Å². The average molecular weight is 354 g/mol. The Morgan fingerprint density at radius 2 is 1.48 bits per heavy atom. The third-order valence-electron chi connectivity index (χ3n) is 5.47. The van der Waals surface area contributed by atoms with Crippen molar-refractivity contribution in [1.82, 2.24) is 0 Å². The zero-order chi connectivity index (χ0) is 19.2. The molecule has 0 amide bonds. The Kier molecular flexibility index (Phi) is 3.93. The van der Waals surface area contributed by atoms with E-state index in [1.165, 1.54) is 11.1 Å². The number of ether oxygens (including phenoxy) is 1. The zero-order valence-corrected chi connectivity index (χ0v) is 16.1. The van der Waals surface area contributed by atoms with Crippen LogP contribution in [-0.2, 0) is 5.41 Å². The summed E-state index contributed by atoms with van der Waals surface area (Å²) in [6.07, 6.45) is 0. The predicted molar refractivity (Wildman–Crippen MR) is 109 cm³/mol.